The standard InChI is InChI=1S/C9H8F3NO2/c10-9(11,12)5-15-8-3-1-2-7(4-8)13-6-14/h1-4,6H,5H2,(H,13,14). The predicted octanol–water partition coefficient (Wildman–Crippen LogP) is 2.20. The molecule has 1 aromatic carbocycles. The Morgan fingerprint density at radius 1 is 1.40 bits per heavy atom. The lowest BCUT2D eigenvalue weighted by atomic mass is 10.3. The molecule has 0 saturated heterocycles. The van der Waals surface area contributed by atoms with E-state index in [0.29, 0.717) is 12.1 Å². The van der Waals surface area contributed by atoms with Crippen molar-refractivity contribution >= 4 is 12.1 Å². The van der Waals surface area contributed by atoms with Gasteiger partial charge in [0.05, 0.1) is 0 Å². The Hall–Kier alpha value is -1.72. The Bertz CT molecular complexity index is 338. The Morgan fingerprint density at radius 3 is 2.73 bits per heavy atom. The lowest BCUT2D eigenvalue weighted by Gasteiger charge is -2.09. The highest BCUT2D eigenvalue weighted by atomic mass is 19.4. The Kier molecular flexibility index (Phi) is 3.54. The highest BCUT2D eigenvalue weighted by molar-refractivity contribution is 5.71. The molecule has 1 N–H and O–H groups in total. The van der Waals surface area contributed by atoms with Crippen LogP contribution in [0.2, 0.25) is 0 Å². The quantitative estimate of drug-likeness (QED) is 0.788. The molecule has 0 radical (unpaired) electrons. The maximum Gasteiger partial charge on any atom is 0.422 e. The van der Waals surface area contributed by atoms with Gasteiger partial charge >= 0.3 is 6.18 Å². The summed E-state index contributed by atoms with van der Waals surface area (Å²) in [6.07, 6.45) is -3.93. The van der Waals surface area contributed by atoms with Crippen molar-refractivity contribution in [3.63, 3.8) is 0 Å². The van der Waals surface area contributed by atoms with Crippen molar-refractivity contribution in [3.8, 4) is 5.75 Å². The van der Waals surface area contributed by atoms with Gasteiger partial charge in [0.15, 0.2) is 6.61 Å². The van der Waals surface area contributed by atoms with E-state index in [0.717, 1.165) is 0 Å². The first kappa shape index (κ1) is 11.4. The molecule has 15 heavy (non-hydrogen) atoms. The molecule has 0 heterocycles. The fourth-order valence-corrected chi connectivity index (χ4v) is 0.909. The highest BCUT2D eigenvalue weighted by Crippen LogP contribution is 2.20. The smallest absolute Gasteiger partial charge is 0.422 e. The molecular formula is C9H8F3NO2. The first-order valence-electron chi connectivity index (χ1n) is 4.01. The van der Waals surface area contributed by atoms with Crippen LogP contribution in [-0.2, 0) is 4.79 Å². The van der Waals surface area contributed by atoms with E-state index in [1.165, 1.54) is 24.3 Å². The summed E-state index contributed by atoms with van der Waals surface area (Å²) in [6, 6.07) is 5.70. The van der Waals surface area contributed by atoms with Crippen LogP contribution in [-0.4, -0.2) is 19.2 Å². The number of rotatable bonds is 4. The molecule has 82 valence electrons. The fourth-order valence-electron chi connectivity index (χ4n) is 0.909. The van der Waals surface area contributed by atoms with E-state index in [-0.39, 0.29) is 5.75 Å². The van der Waals surface area contributed by atoms with Crippen molar-refractivity contribution in [2.45, 2.75) is 6.18 Å². The molecule has 0 aliphatic heterocycles. The van der Waals surface area contributed by atoms with Gasteiger partial charge in [-0.25, -0.2) is 0 Å². The number of hydrogen-bond donors (Lipinski definition) is 1. The van der Waals surface area contributed by atoms with Crippen LogP contribution in [0.4, 0.5) is 18.9 Å². The van der Waals surface area contributed by atoms with Crippen LogP contribution >= 0.6 is 0 Å². The number of benzene rings is 1. The first-order chi connectivity index (χ1) is 7.01. The van der Waals surface area contributed by atoms with Crippen LogP contribution in [0.1, 0.15) is 0 Å². The second-order valence-corrected chi connectivity index (χ2v) is 2.69. The summed E-state index contributed by atoms with van der Waals surface area (Å²) < 4.78 is 39.9. The molecule has 0 spiro atoms. The molecule has 0 aliphatic carbocycles. The van der Waals surface area contributed by atoms with Crippen LogP contribution < -0.4 is 10.1 Å². The summed E-state index contributed by atoms with van der Waals surface area (Å²) >= 11 is 0. The van der Waals surface area contributed by atoms with E-state index in [1.54, 1.807) is 0 Å². The van der Waals surface area contributed by atoms with Crippen LogP contribution in [0.5, 0.6) is 5.75 Å². The minimum Gasteiger partial charge on any atom is -0.484 e. The highest BCUT2D eigenvalue weighted by Gasteiger charge is 2.28. The normalized spacial score (nSPS) is 10.9. The maximum absolute atomic E-state index is 11.8. The summed E-state index contributed by atoms with van der Waals surface area (Å²) in [4.78, 5) is 10.1. The fraction of sp³-hybridized carbons (Fsp3) is 0.222. The number of halogens is 3. The van der Waals surface area contributed by atoms with Crippen LogP contribution in [0.15, 0.2) is 24.3 Å². The SMILES string of the molecule is O=CNc1cccc(OCC(F)(F)F)c1. The van der Waals surface area contributed by atoms with Gasteiger partial charge in [0.25, 0.3) is 0 Å². The molecule has 0 aromatic heterocycles. The van der Waals surface area contributed by atoms with Crippen molar-refractivity contribution in [3.05, 3.63) is 24.3 Å². The molecule has 1 amide bonds. The summed E-state index contributed by atoms with van der Waals surface area (Å²) in [5, 5.41) is 2.30. The average Bonchev–Trinajstić information content (AvgIpc) is 2.15. The van der Waals surface area contributed by atoms with Gasteiger partial charge in [-0.3, -0.25) is 4.79 Å². The van der Waals surface area contributed by atoms with E-state index >= 15 is 0 Å². The zero-order valence-corrected chi connectivity index (χ0v) is 7.54. The van der Waals surface area contributed by atoms with Gasteiger partial charge in [0, 0.05) is 11.8 Å². The Morgan fingerprint density at radius 2 is 2.13 bits per heavy atom. The monoisotopic (exact) mass is 219 g/mol. The second-order valence-electron chi connectivity index (χ2n) is 2.69. The molecule has 1 rings (SSSR count). The first-order valence-corrected chi connectivity index (χ1v) is 4.01. The number of alkyl halides is 3. The van der Waals surface area contributed by atoms with E-state index in [1.807, 2.05) is 0 Å². The average molecular weight is 219 g/mol. The number of ether oxygens (including phenoxy) is 1. The van der Waals surface area contributed by atoms with Crippen LogP contribution in [0, 0.1) is 0 Å². The minimum atomic E-state index is -4.37. The second kappa shape index (κ2) is 4.68. The number of carbonyl (C=O) groups excluding carboxylic acids is 1. The lowest BCUT2D eigenvalue weighted by Crippen LogP contribution is -2.19. The molecule has 0 saturated carbocycles. The summed E-state index contributed by atoms with van der Waals surface area (Å²) in [5.41, 5.74) is 0.379. The van der Waals surface area contributed by atoms with E-state index in [4.69, 9.17) is 0 Å². The minimum absolute atomic E-state index is 0.0548. The van der Waals surface area contributed by atoms with Crippen molar-refractivity contribution < 1.29 is 22.7 Å². The molecule has 0 bridgehead atoms. The molecule has 0 aliphatic rings. The number of carbonyl (C=O) groups is 1. The third-order valence-electron chi connectivity index (χ3n) is 1.46. The van der Waals surface area contributed by atoms with Gasteiger partial charge in [0.1, 0.15) is 5.75 Å². The summed E-state index contributed by atoms with van der Waals surface area (Å²) in [5.74, 6) is 0.0548. The predicted molar refractivity (Wildman–Crippen MR) is 47.7 cm³/mol. The van der Waals surface area contributed by atoms with Crippen LogP contribution in [0.3, 0.4) is 0 Å². The number of amides is 1. The molecule has 3 nitrogen and oxygen atoms in total. The van der Waals surface area contributed by atoms with E-state index < -0.39 is 12.8 Å². The summed E-state index contributed by atoms with van der Waals surface area (Å²) in [7, 11) is 0. The van der Waals surface area contributed by atoms with Crippen molar-refractivity contribution in [2.24, 2.45) is 0 Å². The molecule has 0 fully saturated rings. The molecule has 0 unspecified atom stereocenters. The maximum atomic E-state index is 11.8. The number of hydrogen-bond acceptors (Lipinski definition) is 2. The van der Waals surface area contributed by atoms with Gasteiger partial charge in [-0.2, -0.15) is 13.2 Å². The van der Waals surface area contributed by atoms with E-state index in [2.05, 4.69) is 10.1 Å². The van der Waals surface area contributed by atoms with Gasteiger partial charge < -0.3 is 10.1 Å². The van der Waals surface area contributed by atoms with Gasteiger partial charge in [0.2, 0.25) is 6.41 Å². The third kappa shape index (κ3) is 4.35. The molecular weight excluding hydrogens is 211 g/mol. The Labute approximate surface area is 83.8 Å². The largest absolute Gasteiger partial charge is 0.484 e. The number of nitrogens with one attached hydrogen (secondary N) is 1. The zero-order valence-electron chi connectivity index (χ0n) is 7.54. The van der Waals surface area contributed by atoms with Gasteiger partial charge in [-0.05, 0) is 12.1 Å². The van der Waals surface area contributed by atoms with Crippen molar-refractivity contribution in [2.75, 3.05) is 11.9 Å². The van der Waals surface area contributed by atoms with Gasteiger partial charge in [-0.15, -0.1) is 0 Å². The number of anilines is 1. The van der Waals surface area contributed by atoms with E-state index in [9.17, 15) is 18.0 Å². The third-order valence-corrected chi connectivity index (χ3v) is 1.46. The van der Waals surface area contributed by atoms with Crippen molar-refractivity contribution in [1.82, 2.24) is 0 Å². The van der Waals surface area contributed by atoms with Crippen LogP contribution in [0.25, 0.3) is 0 Å². The van der Waals surface area contributed by atoms with Gasteiger partial charge in [-0.1, -0.05) is 6.07 Å². The topological polar surface area (TPSA) is 38.3 Å². The summed E-state index contributed by atoms with van der Waals surface area (Å²) in [6.45, 7) is -1.35. The zero-order chi connectivity index (χ0) is 11.3. The molecule has 1 aromatic rings. The molecule has 6 heteroatoms. The van der Waals surface area contributed by atoms with Crippen molar-refractivity contribution in [1.29, 1.82) is 0 Å². The Balaban J connectivity index is 2.61. The molecule has 0 atom stereocenters. The lowest BCUT2D eigenvalue weighted by molar-refractivity contribution is -0.153.